The molecule has 0 amide bonds. The first-order chi connectivity index (χ1) is 7.59. The molecule has 1 aliphatic rings. The maximum Gasteiger partial charge on any atom is 0.197 e. The maximum atomic E-state index is 14.0. The highest BCUT2D eigenvalue weighted by Crippen LogP contribution is 2.39. The summed E-state index contributed by atoms with van der Waals surface area (Å²) >= 11 is 3.27. The maximum absolute atomic E-state index is 14.0. The predicted molar refractivity (Wildman–Crippen MR) is 60.5 cm³/mol. The minimum atomic E-state index is -0.603. The van der Waals surface area contributed by atoms with E-state index in [4.69, 9.17) is 9.47 Å². The number of benzene rings is 1. The third-order valence-corrected chi connectivity index (χ3v) is 3.03. The smallest absolute Gasteiger partial charge is 0.197 e. The SMILES string of the molecule is CC(O)Cc1c(Br)cc2c(c1F)OCCO2. The molecule has 1 aromatic carbocycles. The minimum Gasteiger partial charge on any atom is -0.486 e. The Balaban J connectivity index is 2.45. The first-order valence-electron chi connectivity index (χ1n) is 5.04. The van der Waals surface area contributed by atoms with Crippen molar-refractivity contribution in [3.05, 3.63) is 21.9 Å². The molecule has 1 atom stereocenters. The van der Waals surface area contributed by atoms with Crippen molar-refractivity contribution in [2.45, 2.75) is 19.4 Å². The van der Waals surface area contributed by atoms with Gasteiger partial charge in [-0.15, -0.1) is 0 Å². The number of hydrogen-bond donors (Lipinski definition) is 1. The van der Waals surface area contributed by atoms with Crippen LogP contribution in [0.1, 0.15) is 12.5 Å². The summed E-state index contributed by atoms with van der Waals surface area (Å²) in [7, 11) is 0. The highest BCUT2D eigenvalue weighted by molar-refractivity contribution is 9.10. The molecule has 88 valence electrons. The van der Waals surface area contributed by atoms with Crippen molar-refractivity contribution in [3.63, 3.8) is 0 Å². The van der Waals surface area contributed by atoms with Crippen LogP contribution in [0.5, 0.6) is 11.5 Å². The molecular formula is C11H12BrFO3. The van der Waals surface area contributed by atoms with Gasteiger partial charge in [-0.2, -0.15) is 0 Å². The quantitative estimate of drug-likeness (QED) is 0.908. The van der Waals surface area contributed by atoms with E-state index in [1.807, 2.05) is 0 Å². The zero-order valence-corrected chi connectivity index (χ0v) is 10.4. The number of halogens is 2. The summed E-state index contributed by atoms with van der Waals surface area (Å²) in [6, 6.07) is 1.68. The molecule has 3 nitrogen and oxygen atoms in total. The minimum absolute atomic E-state index is 0.144. The van der Waals surface area contributed by atoms with Crippen molar-refractivity contribution in [1.29, 1.82) is 0 Å². The van der Waals surface area contributed by atoms with Crippen molar-refractivity contribution in [2.75, 3.05) is 13.2 Å². The van der Waals surface area contributed by atoms with Crippen molar-refractivity contribution in [1.82, 2.24) is 0 Å². The Morgan fingerprint density at radius 3 is 2.88 bits per heavy atom. The molecule has 0 radical (unpaired) electrons. The summed E-state index contributed by atoms with van der Waals surface area (Å²) in [4.78, 5) is 0. The first-order valence-corrected chi connectivity index (χ1v) is 5.83. The fraction of sp³-hybridized carbons (Fsp3) is 0.455. The predicted octanol–water partition coefficient (Wildman–Crippen LogP) is 2.28. The van der Waals surface area contributed by atoms with Crippen LogP contribution in [0.15, 0.2) is 10.5 Å². The summed E-state index contributed by atoms with van der Waals surface area (Å²) in [6.07, 6.45) is -0.364. The molecule has 0 fully saturated rings. The van der Waals surface area contributed by atoms with Gasteiger partial charge in [-0.1, -0.05) is 15.9 Å². The molecular weight excluding hydrogens is 279 g/mol. The summed E-state index contributed by atoms with van der Waals surface area (Å²) in [6.45, 7) is 2.39. The summed E-state index contributed by atoms with van der Waals surface area (Å²) in [5.74, 6) is 0.0973. The van der Waals surface area contributed by atoms with Gasteiger partial charge >= 0.3 is 0 Å². The fourth-order valence-electron chi connectivity index (χ4n) is 1.64. The van der Waals surface area contributed by atoms with Crippen LogP contribution in [0, 0.1) is 5.82 Å². The lowest BCUT2D eigenvalue weighted by Crippen LogP contribution is -2.18. The van der Waals surface area contributed by atoms with Gasteiger partial charge in [-0.25, -0.2) is 4.39 Å². The molecule has 1 aliphatic heterocycles. The Kier molecular flexibility index (Phi) is 3.35. The number of ether oxygens (including phenoxy) is 2. The lowest BCUT2D eigenvalue weighted by molar-refractivity contribution is 0.162. The van der Waals surface area contributed by atoms with E-state index in [-0.39, 0.29) is 12.2 Å². The monoisotopic (exact) mass is 290 g/mol. The molecule has 1 unspecified atom stereocenters. The second kappa shape index (κ2) is 4.59. The molecule has 1 N–H and O–H groups in total. The molecule has 1 aromatic rings. The van der Waals surface area contributed by atoms with Crippen LogP contribution in [0.3, 0.4) is 0 Å². The van der Waals surface area contributed by atoms with Gasteiger partial charge in [0.15, 0.2) is 17.3 Å². The molecule has 0 aliphatic carbocycles. The van der Waals surface area contributed by atoms with Crippen molar-refractivity contribution < 1.29 is 19.0 Å². The molecule has 1 heterocycles. The summed E-state index contributed by atoms with van der Waals surface area (Å²) < 4.78 is 25.1. The van der Waals surface area contributed by atoms with Crippen molar-refractivity contribution in [3.8, 4) is 11.5 Å². The van der Waals surface area contributed by atoms with Gasteiger partial charge in [-0.05, 0) is 13.0 Å². The van der Waals surface area contributed by atoms with E-state index >= 15 is 0 Å². The molecule has 5 heteroatoms. The van der Waals surface area contributed by atoms with E-state index in [0.29, 0.717) is 29.0 Å². The molecule has 2 rings (SSSR count). The Morgan fingerprint density at radius 1 is 1.50 bits per heavy atom. The van der Waals surface area contributed by atoms with E-state index in [2.05, 4.69) is 15.9 Å². The van der Waals surface area contributed by atoms with Gasteiger partial charge in [-0.3, -0.25) is 0 Å². The van der Waals surface area contributed by atoms with Crippen LogP contribution < -0.4 is 9.47 Å². The normalized spacial score (nSPS) is 16.0. The van der Waals surface area contributed by atoms with Gasteiger partial charge in [0.05, 0.1) is 6.10 Å². The van der Waals surface area contributed by atoms with Crippen LogP contribution in [0.2, 0.25) is 0 Å². The standard InChI is InChI=1S/C11H12BrFO3/c1-6(14)4-7-8(12)5-9-11(10(7)13)16-3-2-15-9/h5-6,14H,2-4H2,1H3. The van der Waals surface area contributed by atoms with Gasteiger partial charge in [0.25, 0.3) is 0 Å². The van der Waals surface area contributed by atoms with E-state index in [1.165, 1.54) is 0 Å². The van der Waals surface area contributed by atoms with E-state index in [9.17, 15) is 9.50 Å². The Morgan fingerprint density at radius 2 is 2.19 bits per heavy atom. The van der Waals surface area contributed by atoms with Crippen LogP contribution >= 0.6 is 15.9 Å². The lowest BCUT2D eigenvalue weighted by Gasteiger charge is -2.21. The number of hydrogen-bond acceptors (Lipinski definition) is 3. The third kappa shape index (κ3) is 2.15. The molecule has 0 aromatic heterocycles. The lowest BCUT2D eigenvalue weighted by atomic mass is 10.1. The molecule has 0 bridgehead atoms. The van der Waals surface area contributed by atoms with Gasteiger partial charge in [0, 0.05) is 16.5 Å². The topological polar surface area (TPSA) is 38.7 Å². The largest absolute Gasteiger partial charge is 0.486 e. The average Bonchev–Trinajstić information content (AvgIpc) is 2.24. The van der Waals surface area contributed by atoms with Crippen LogP contribution in [0.25, 0.3) is 0 Å². The third-order valence-electron chi connectivity index (χ3n) is 2.32. The Bertz CT molecular complexity index is 407. The fourth-order valence-corrected chi connectivity index (χ4v) is 2.18. The molecule has 0 saturated heterocycles. The second-order valence-electron chi connectivity index (χ2n) is 3.73. The van der Waals surface area contributed by atoms with E-state index in [1.54, 1.807) is 13.0 Å². The van der Waals surface area contributed by atoms with E-state index < -0.39 is 11.9 Å². The van der Waals surface area contributed by atoms with Gasteiger partial charge < -0.3 is 14.6 Å². The van der Waals surface area contributed by atoms with Gasteiger partial charge in [0.2, 0.25) is 0 Å². The summed E-state index contributed by atoms with van der Waals surface area (Å²) in [5.41, 5.74) is 0.416. The molecule has 16 heavy (non-hydrogen) atoms. The summed E-state index contributed by atoms with van der Waals surface area (Å²) in [5, 5.41) is 9.30. The van der Waals surface area contributed by atoms with E-state index in [0.717, 1.165) is 0 Å². The number of aliphatic hydroxyl groups excluding tert-OH is 1. The van der Waals surface area contributed by atoms with Crippen LogP contribution in [-0.2, 0) is 6.42 Å². The highest BCUT2D eigenvalue weighted by Gasteiger charge is 2.22. The molecule has 0 saturated carbocycles. The Hall–Kier alpha value is -0.810. The van der Waals surface area contributed by atoms with Gasteiger partial charge in [0.1, 0.15) is 13.2 Å². The van der Waals surface area contributed by atoms with Crippen molar-refractivity contribution in [2.24, 2.45) is 0 Å². The number of aliphatic hydroxyl groups is 1. The second-order valence-corrected chi connectivity index (χ2v) is 4.58. The zero-order chi connectivity index (χ0) is 11.7. The number of fused-ring (bicyclic) bond motifs is 1. The van der Waals surface area contributed by atoms with Crippen molar-refractivity contribution >= 4 is 15.9 Å². The van der Waals surface area contributed by atoms with Crippen LogP contribution in [0.4, 0.5) is 4.39 Å². The average molecular weight is 291 g/mol. The number of rotatable bonds is 2. The van der Waals surface area contributed by atoms with Crippen LogP contribution in [-0.4, -0.2) is 24.4 Å². The molecule has 0 spiro atoms. The highest BCUT2D eigenvalue weighted by atomic mass is 79.9. The first kappa shape index (κ1) is 11.7. The zero-order valence-electron chi connectivity index (χ0n) is 8.80. The Labute approximate surface area is 101 Å².